The minimum absolute atomic E-state index is 0.0229. The van der Waals surface area contributed by atoms with Crippen molar-refractivity contribution in [3.8, 4) is 5.75 Å². The number of hydrogen-bond acceptors (Lipinski definition) is 4. The normalized spacial score (nSPS) is 12.0. The second-order valence-corrected chi connectivity index (χ2v) is 6.16. The Hall–Kier alpha value is -1.83. The molecule has 0 aromatic heterocycles. The van der Waals surface area contributed by atoms with Crippen LogP contribution in [-0.4, -0.2) is 19.7 Å². The molecule has 22 heavy (non-hydrogen) atoms. The van der Waals surface area contributed by atoms with E-state index >= 15 is 0 Å². The topological polar surface area (TPSA) is 60.4 Å². The van der Waals surface area contributed by atoms with Gasteiger partial charge >= 0.3 is 15.6 Å². The van der Waals surface area contributed by atoms with Gasteiger partial charge < -0.3 is 8.98 Å². The molecule has 122 valence electrons. The number of halogens is 3. The minimum Gasteiger partial charge on any atom is -0.376 e. The zero-order chi connectivity index (χ0) is 17.0. The van der Waals surface area contributed by atoms with Crippen molar-refractivity contribution in [3.63, 3.8) is 0 Å². The van der Waals surface area contributed by atoms with Gasteiger partial charge in [0.05, 0.1) is 0 Å². The minimum atomic E-state index is -5.72. The van der Waals surface area contributed by atoms with Crippen LogP contribution < -0.4 is 4.18 Å². The molecule has 0 atom stereocenters. The van der Waals surface area contributed by atoms with Crippen LogP contribution in [0.2, 0.25) is 0 Å². The van der Waals surface area contributed by atoms with Gasteiger partial charge in [-0.05, 0) is 37.0 Å². The van der Waals surface area contributed by atoms with Crippen molar-refractivity contribution in [3.05, 3.63) is 42.0 Å². The highest BCUT2D eigenvalue weighted by atomic mass is 32.2. The molecule has 0 amide bonds. The summed E-state index contributed by atoms with van der Waals surface area (Å²) in [6, 6.07) is 4.08. The Morgan fingerprint density at radius 1 is 1.36 bits per heavy atom. The molecule has 0 saturated carbocycles. The number of Topliss-reactive ketones (excluding diaryl/α,β-unsaturated/α-hetero) is 1. The standard InChI is InChI=1S/C14H15F3O4S/c1-3-4-12-9-11(6-5-10(2)18)7-8-13(12)21-22(19,20)14(15,16)17/h3,7-9H,1,4-6H2,2H3. The quantitative estimate of drug-likeness (QED) is 0.436. The van der Waals surface area contributed by atoms with Gasteiger partial charge in [-0.2, -0.15) is 21.6 Å². The Bertz CT molecular complexity index is 663. The van der Waals surface area contributed by atoms with E-state index in [1.807, 2.05) is 0 Å². The molecule has 0 aliphatic rings. The summed E-state index contributed by atoms with van der Waals surface area (Å²) in [4.78, 5) is 10.9. The second-order valence-electron chi connectivity index (χ2n) is 4.62. The smallest absolute Gasteiger partial charge is 0.376 e. The number of carbonyl (C=O) groups excluding carboxylic acids is 1. The van der Waals surface area contributed by atoms with E-state index in [9.17, 15) is 26.4 Å². The Labute approximate surface area is 126 Å². The van der Waals surface area contributed by atoms with Crippen molar-refractivity contribution in [1.82, 2.24) is 0 Å². The van der Waals surface area contributed by atoms with Gasteiger partial charge in [-0.1, -0.05) is 18.2 Å². The molecular weight excluding hydrogens is 321 g/mol. The molecule has 0 spiro atoms. The maximum Gasteiger partial charge on any atom is 0.534 e. The molecule has 1 rings (SSSR count). The largest absolute Gasteiger partial charge is 0.534 e. The molecular formula is C14H15F3O4S. The predicted octanol–water partition coefficient (Wildman–Crippen LogP) is 3.17. The molecule has 1 aromatic carbocycles. The fourth-order valence-corrected chi connectivity index (χ4v) is 2.16. The van der Waals surface area contributed by atoms with Crippen LogP contribution in [0.15, 0.2) is 30.9 Å². The summed E-state index contributed by atoms with van der Waals surface area (Å²) >= 11 is 0. The molecule has 0 N–H and O–H groups in total. The fourth-order valence-electron chi connectivity index (χ4n) is 1.67. The van der Waals surface area contributed by atoms with E-state index < -0.39 is 21.4 Å². The lowest BCUT2D eigenvalue weighted by Gasteiger charge is -2.13. The first-order valence-electron chi connectivity index (χ1n) is 6.29. The Morgan fingerprint density at radius 3 is 2.50 bits per heavy atom. The van der Waals surface area contributed by atoms with Crippen LogP contribution in [0.5, 0.6) is 5.75 Å². The zero-order valence-corrected chi connectivity index (χ0v) is 12.6. The number of aryl methyl sites for hydroxylation is 1. The maximum atomic E-state index is 12.4. The van der Waals surface area contributed by atoms with Gasteiger partial charge in [-0.15, -0.1) is 6.58 Å². The van der Waals surface area contributed by atoms with E-state index in [4.69, 9.17) is 0 Å². The number of hydrogen-bond donors (Lipinski definition) is 0. The average molecular weight is 336 g/mol. The molecule has 0 fully saturated rings. The van der Waals surface area contributed by atoms with Gasteiger partial charge in [0.1, 0.15) is 11.5 Å². The van der Waals surface area contributed by atoms with Gasteiger partial charge in [0.15, 0.2) is 0 Å². The Morgan fingerprint density at radius 2 is 2.00 bits per heavy atom. The zero-order valence-electron chi connectivity index (χ0n) is 11.8. The van der Waals surface area contributed by atoms with Crippen molar-refractivity contribution < 1.29 is 30.6 Å². The van der Waals surface area contributed by atoms with Gasteiger partial charge in [-0.25, -0.2) is 0 Å². The Balaban J connectivity index is 3.10. The summed E-state index contributed by atoms with van der Waals surface area (Å²) in [5.74, 6) is -0.422. The summed E-state index contributed by atoms with van der Waals surface area (Å²) in [5, 5.41) is 0. The van der Waals surface area contributed by atoms with Crippen LogP contribution in [0.1, 0.15) is 24.5 Å². The van der Waals surface area contributed by atoms with Gasteiger partial charge in [0.25, 0.3) is 0 Å². The van der Waals surface area contributed by atoms with Crippen molar-refractivity contribution in [1.29, 1.82) is 0 Å². The highest BCUT2D eigenvalue weighted by Crippen LogP contribution is 2.30. The second kappa shape index (κ2) is 6.95. The molecule has 0 radical (unpaired) electrons. The van der Waals surface area contributed by atoms with Crippen LogP contribution in [0.25, 0.3) is 0 Å². The lowest BCUT2D eigenvalue weighted by Crippen LogP contribution is -2.28. The Kier molecular flexibility index (Phi) is 5.76. The molecule has 0 bridgehead atoms. The summed E-state index contributed by atoms with van der Waals surface area (Å²) in [5.41, 5.74) is -4.54. The van der Waals surface area contributed by atoms with Gasteiger partial charge in [-0.3, -0.25) is 0 Å². The first-order chi connectivity index (χ1) is 10.1. The van der Waals surface area contributed by atoms with Crippen molar-refractivity contribution in [2.45, 2.75) is 31.7 Å². The van der Waals surface area contributed by atoms with E-state index in [2.05, 4.69) is 10.8 Å². The van der Waals surface area contributed by atoms with E-state index in [0.717, 1.165) is 6.07 Å². The van der Waals surface area contributed by atoms with Crippen molar-refractivity contribution >= 4 is 15.9 Å². The monoisotopic (exact) mass is 336 g/mol. The summed E-state index contributed by atoms with van der Waals surface area (Å²) < 4.78 is 63.3. The van der Waals surface area contributed by atoms with Gasteiger partial charge in [0.2, 0.25) is 0 Å². The number of carbonyl (C=O) groups is 1. The SMILES string of the molecule is C=CCc1cc(CCC(C)=O)ccc1OS(=O)(=O)C(F)(F)F. The van der Waals surface area contributed by atoms with E-state index in [0.29, 0.717) is 12.0 Å². The third kappa shape index (κ3) is 4.87. The number of alkyl halides is 3. The molecule has 0 aliphatic carbocycles. The van der Waals surface area contributed by atoms with Crippen LogP contribution in [0.3, 0.4) is 0 Å². The molecule has 0 unspecified atom stereocenters. The predicted molar refractivity (Wildman–Crippen MR) is 74.9 cm³/mol. The first kappa shape index (κ1) is 18.2. The van der Waals surface area contributed by atoms with E-state index in [1.165, 1.54) is 25.1 Å². The third-order valence-corrected chi connectivity index (χ3v) is 3.70. The van der Waals surface area contributed by atoms with Crippen LogP contribution in [-0.2, 0) is 27.8 Å². The molecule has 0 heterocycles. The molecule has 8 heteroatoms. The summed E-state index contributed by atoms with van der Waals surface area (Å²) in [7, 11) is -5.72. The summed E-state index contributed by atoms with van der Waals surface area (Å²) in [6.07, 6.45) is 2.24. The third-order valence-electron chi connectivity index (χ3n) is 2.74. The highest BCUT2D eigenvalue weighted by Gasteiger charge is 2.48. The number of ketones is 1. The molecule has 0 aliphatic heterocycles. The number of allylic oxidation sites excluding steroid dienone is 1. The van der Waals surface area contributed by atoms with Crippen LogP contribution in [0, 0.1) is 0 Å². The number of rotatable bonds is 7. The average Bonchev–Trinajstić information content (AvgIpc) is 2.37. The van der Waals surface area contributed by atoms with Crippen LogP contribution in [0.4, 0.5) is 13.2 Å². The first-order valence-corrected chi connectivity index (χ1v) is 7.70. The number of benzene rings is 1. The van der Waals surface area contributed by atoms with E-state index in [1.54, 1.807) is 0 Å². The highest BCUT2D eigenvalue weighted by molar-refractivity contribution is 7.88. The summed E-state index contributed by atoms with van der Waals surface area (Å²) in [6.45, 7) is 4.89. The molecule has 1 aromatic rings. The molecule has 0 saturated heterocycles. The molecule has 4 nitrogen and oxygen atoms in total. The maximum absolute atomic E-state index is 12.4. The lowest BCUT2D eigenvalue weighted by molar-refractivity contribution is -0.116. The lowest BCUT2D eigenvalue weighted by atomic mass is 10.0. The van der Waals surface area contributed by atoms with E-state index in [-0.39, 0.29) is 24.2 Å². The van der Waals surface area contributed by atoms with Crippen LogP contribution >= 0.6 is 0 Å². The fraction of sp³-hybridized carbons (Fsp3) is 0.357. The van der Waals surface area contributed by atoms with Gasteiger partial charge in [0, 0.05) is 6.42 Å². The van der Waals surface area contributed by atoms with Crippen molar-refractivity contribution in [2.24, 2.45) is 0 Å². The van der Waals surface area contributed by atoms with Crippen molar-refractivity contribution in [2.75, 3.05) is 0 Å².